The Balaban J connectivity index is 2.26. The predicted molar refractivity (Wildman–Crippen MR) is 144 cm³/mol. The molecule has 2 aromatic rings. The quantitative estimate of drug-likeness (QED) is 0.119. The summed E-state index contributed by atoms with van der Waals surface area (Å²) >= 11 is 0. The van der Waals surface area contributed by atoms with Gasteiger partial charge in [-0.25, -0.2) is 4.79 Å². The maximum Gasteiger partial charge on any atom is 0.326 e. The first kappa shape index (κ1) is 32.2. The van der Waals surface area contributed by atoms with Gasteiger partial charge < -0.3 is 42.7 Å². The summed E-state index contributed by atoms with van der Waals surface area (Å²) in [5, 5.41) is 35.2. The Morgan fingerprint density at radius 1 is 0.707 bits per heavy atom. The predicted octanol–water partition coefficient (Wildman–Crippen LogP) is -1.22. The third-order valence-corrected chi connectivity index (χ3v) is 5.95. The molecule has 0 saturated carbocycles. The summed E-state index contributed by atoms with van der Waals surface area (Å²) in [5.74, 6) is -6.27. The number of aromatic hydroxyl groups is 1. The largest absolute Gasteiger partial charge is 0.508 e. The minimum absolute atomic E-state index is 0.0453. The van der Waals surface area contributed by atoms with E-state index in [9.17, 15) is 39.0 Å². The van der Waals surface area contributed by atoms with Crippen molar-refractivity contribution in [3.8, 4) is 5.75 Å². The summed E-state index contributed by atoms with van der Waals surface area (Å²) in [5.41, 5.74) is 12.1. The number of primary amides is 1. The standard InChI is InChI=1S/C27H33N5O9/c28-18(10-11-23(35)36)24(37)30-20(14-22(29)34)26(39)31-19(12-16-6-8-17(33)9-7-16)25(38)32-21(27(40)41)13-15-4-2-1-3-5-15/h1-9,18-21,33H,10-14,28H2,(H2,29,34)(H,30,37)(H,31,39)(H,32,38)(H,35,36)(H,40,41). The SMILES string of the molecule is NC(=O)CC(NC(=O)C(N)CCC(=O)O)C(=O)NC(Cc1ccc(O)cc1)C(=O)NC(Cc1ccccc1)C(=O)O. The van der Waals surface area contributed by atoms with Gasteiger partial charge in [0.1, 0.15) is 23.9 Å². The summed E-state index contributed by atoms with van der Waals surface area (Å²) in [4.78, 5) is 73.2. The number of carbonyl (C=O) groups excluding carboxylic acids is 4. The number of hydrogen-bond donors (Lipinski definition) is 8. The third-order valence-electron chi connectivity index (χ3n) is 5.95. The number of nitrogens with one attached hydrogen (secondary N) is 3. The van der Waals surface area contributed by atoms with Crippen molar-refractivity contribution >= 4 is 35.6 Å². The van der Waals surface area contributed by atoms with Crippen LogP contribution >= 0.6 is 0 Å². The maximum absolute atomic E-state index is 13.3. The van der Waals surface area contributed by atoms with E-state index in [0.29, 0.717) is 11.1 Å². The first-order valence-electron chi connectivity index (χ1n) is 12.6. The first-order chi connectivity index (χ1) is 19.3. The average molecular weight is 572 g/mol. The Labute approximate surface area is 235 Å². The topological polar surface area (TPSA) is 251 Å². The molecule has 0 fully saturated rings. The van der Waals surface area contributed by atoms with E-state index in [4.69, 9.17) is 16.6 Å². The van der Waals surface area contributed by atoms with Gasteiger partial charge in [-0.2, -0.15) is 0 Å². The van der Waals surface area contributed by atoms with Crippen LogP contribution in [0.4, 0.5) is 0 Å². The number of carboxylic acids is 2. The van der Waals surface area contributed by atoms with Crippen molar-refractivity contribution in [2.24, 2.45) is 11.5 Å². The van der Waals surface area contributed by atoms with Crippen molar-refractivity contribution in [3.63, 3.8) is 0 Å². The molecule has 2 aromatic carbocycles. The van der Waals surface area contributed by atoms with Gasteiger partial charge in [0.15, 0.2) is 0 Å². The highest BCUT2D eigenvalue weighted by molar-refractivity contribution is 5.96. The van der Waals surface area contributed by atoms with Crippen molar-refractivity contribution in [1.29, 1.82) is 0 Å². The second-order valence-corrected chi connectivity index (χ2v) is 9.29. The highest BCUT2D eigenvalue weighted by Crippen LogP contribution is 2.12. The van der Waals surface area contributed by atoms with Gasteiger partial charge in [0.05, 0.1) is 12.5 Å². The lowest BCUT2D eigenvalue weighted by Crippen LogP contribution is -2.58. The molecule has 220 valence electrons. The number of nitrogens with two attached hydrogens (primary N) is 2. The lowest BCUT2D eigenvalue weighted by atomic mass is 10.0. The zero-order valence-corrected chi connectivity index (χ0v) is 22.0. The minimum atomic E-state index is -1.56. The monoisotopic (exact) mass is 571 g/mol. The zero-order valence-electron chi connectivity index (χ0n) is 22.0. The Hall–Kier alpha value is -4.98. The van der Waals surface area contributed by atoms with Crippen LogP contribution in [-0.2, 0) is 41.6 Å². The second kappa shape index (κ2) is 15.6. The fraction of sp³-hybridized carbons (Fsp3) is 0.333. The molecule has 14 nitrogen and oxygen atoms in total. The van der Waals surface area contributed by atoms with Crippen LogP contribution in [0.3, 0.4) is 0 Å². The molecule has 4 atom stereocenters. The van der Waals surface area contributed by atoms with Crippen molar-refractivity contribution in [3.05, 3.63) is 65.7 Å². The zero-order chi connectivity index (χ0) is 30.5. The molecule has 0 aliphatic heterocycles. The first-order valence-corrected chi connectivity index (χ1v) is 12.6. The van der Waals surface area contributed by atoms with Gasteiger partial charge in [0, 0.05) is 19.3 Å². The van der Waals surface area contributed by atoms with Gasteiger partial charge in [-0.1, -0.05) is 42.5 Å². The Kier molecular flexibility index (Phi) is 12.2. The van der Waals surface area contributed by atoms with Crippen LogP contribution in [0, 0.1) is 0 Å². The van der Waals surface area contributed by atoms with E-state index in [1.807, 2.05) is 0 Å². The number of benzene rings is 2. The number of carboxylic acid groups (broad SMARTS) is 2. The van der Waals surface area contributed by atoms with Crippen molar-refractivity contribution in [2.45, 2.75) is 56.3 Å². The number of phenolic OH excluding ortho intramolecular Hbond substituents is 1. The fourth-order valence-corrected chi connectivity index (χ4v) is 3.77. The molecule has 0 aliphatic carbocycles. The van der Waals surface area contributed by atoms with E-state index in [1.54, 1.807) is 30.3 Å². The molecule has 41 heavy (non-hydrogen) atoms. The number of hydrogen-bond acceptors (Lipinski definition) is 8. The molecule has 2 rings (SSSR count). The van der Waals surface area contributed by atoms with Crippen LogP contribution in [0.5, 0.6) is 5.75 Å². The smallest absolute Gasteiger partial charge is 0.326 e. The lowest BCUT2D eigenvalue weighted by Gasteiger charge is -2.25. The molecule has 10 N–H and O–H groups in total. The van der Waals surface area contributed by atoms with Crippen LogP contribution < -0.4 is 27.4 Å². The molecular weight excluding hydrogens is 538 g/mol. The van der Waals surface area contributed by atoms with E-state index in [1.165, 1.54) is 24.3 Å². The van der Waals surface area contributed by atoms with Crippen molar-refractivity contribution < 1.29 is 44.1 Å². The van der Waals surface area contributed by atoms with E-state index in [2.05, 4.69) is 16.0 Å². The summed E-state index contributed by atoms with van der Waals surface area (Å²) < 4.78 is 0. The molecule has 0 heterocycles. The molecule has 14 heteroatoms. The van der Waals surface area contributed by atoms with Gasteiger partial charge in [0.2, 0.25) is 23.6 Å². The molecule has 0 bridgehead atoms. The number of aliphatic carboxylic acids is 2. The van der Waals surface area contributed by atoms with E-state index in [-0.39, 0.29) is 25.0 Å². The van der Waals surface area contributed by atoms with Crippen LogP contribution in [-0.4, -0.2) is 75.1 Å². The molecule has 0 aliphatic rings. The Morgan fingerprint density at radius 3 is 1.78 bits per heavy atom. The Morgan fingerprint density at radius 2 is 1.22 bits per heavy atom. The molecule has 0 aromatic heterocycles. The lowest BCUT2D eigenvalue weighted by molar-refractivity contribution is -0.142. The highest BCUT2D eigenvalue weighted by Gasteiger charge is 2.31. The average Bonchev–Trinajstić information content (AvgIpc) is 2.91. The second-order valence-electron chi connectivity index (χ2n) is 9.29. The number of amides is 4. The maximum atomic E-state index is 13.3. The van der Waals surface area contributed by atoms with E-state index in [0.717, 1.165) is 0 Å². The van der Waals surface area contributed by atoms with Gasteiger partial charge in [0.25, 0.3) is 0 Å². The summed E-state index contributed by atoms with van der Waals surface area (Å²) in [6.07, 6.45) is -1.51. The molecule has 4 amide bonds. The summed E-state index contributed by atoms with van der Waals surface area (Å²) in [6.45, 7) is 0. The summed E-state index contributed by atoms with van der Waals surface area (Å²) in [6, 6.07) is 8.66. The fourth-order valence-electron chi connectivity index (χ4n) is 3.77. The number of carbonyl (C=O) groups is 6. The van der Waals surface area contributed by atoms with Crippen molar-refractivity contribution in [2.75, 3.05) is 0 Å². The van der Waals surface area contributed by atoms with E-state index < -0.39 is 72.6 Å². The van der Waals surface area contributed by atoms with Crippen molar-refractivity contribution in [1.82, 2.24) is 16.0 Å². The van der Waals surface area contributed by atoms with Gasteiger partial charge in [-0.15, -0.1) is 0 Å². The van der Waals surface area contributed by atoms with Crippen LogP contribution in [0.2, 0.25) is 0 Å². The van der Waals surface area contributed by atoms with E-state index >= 15 is 0 Å². The molecule has 4 unspecified atom stereocenters. The van der Waals surface area contributed by atoms with Crippen LogP contribution in [0.1, 0.15) is 30.4 Å². The molecular formula is C27H33N5O9. The molecule has 0 radical (unpaired) electrons. The van der Waals surface area contributed by atoms with Crippen LogP contribution in [0.15, 0.2) is 54.6 Å². The molecule has 0 spiro atoms. The molecule has 0 saturated heterocycles. The van der Waals surface area contributed by atoms with Crippen LogP contribution in [0.25, 0.3) is 0 Å². The minimum Gasteiger partial charge on any atom is -0.508 e. The normalized spacial score (nSPS) is 13.6. The summed E-state index contributed by atoms with van der Waals surface area (Å²) in [7, 11) is 0. The highest BCUT2D eigenvalue weighted by atomic mass is 16.4. The number of rotatable bonds is 16. The third kappa shape index (κ3) is 11.3. The van der Waals surface area contributed by atoms with Gasteiger partial charge >= 0.3 is 11.9 Å². The van der Waals surface area contributed by atoms with Gasteiger partial charge in [-0.05, 0) is 29.7 Å². The van der Waals surface area contributed by atoms with Gasteiger partial charge in [-0.3, -0.25) is 24.0 Å². The number of phenols is 1. The Bertz CT molecular complexity index is 1240.